The maximum Gasteiger partial charge on any atom is 0.271 e. The molecule has 2 atom stereocenters. The topological polar surface area (TPSA) is 72.2 Å². The minimum absolute atomic E-state index is 0.00667. The molecular weight excluding hydrogens is 292 g/mol. The number of anilines is 1. The van der Waals surface area contributed by atoms with Crippen molar-refractivity contribution in [2.24, 2.45) is 23.2 Å². The molecule has 0 heterocycles. The van der Waals surface area contributed by atoms with Gasteiger partial charge in [0, 0.05) is 17.8 Å². The van der Waals surface area contributed by atoms with Crippen LogP contribution in [0.4, 0.5) is 11.4 Å². The number of nitro benzene ring substituents is 1. The van der Waals surface area contributed by atoms with Gasteiger partial charge in [0.25, 0.3) is 5.69 Å². The van der Waals surface area contributed by atoms with Gasteiger partial charge in [-0.2, -0.15) is 0 Å². The number of nitro groups is 1. The number of amides is 1. The van der Waals surface area contributed by atoms with Crippen LogP contribution in [-0.2, 0) is 4.79 Å². The number of non-ortho nitro benzene ring substituents is 1. The van der Waals surface area contributed by atoms with E-state index in [1.54, 1.807) is 12.1 Å². The number of carbonyl (C=O) groups is 1. The van der Waals surface area contributed by atoms with Gasteiger partial charge in [0.05, 0.1) is 10.3 Å². The highest BCUT2D eigenvalue weighted by atomic mass is 16.6. The summed E-state index contributed by atoms with van der Waals surface area (Å²) in [6, 6.07) is 6.21. The van der Waals surface area contributed by atoms with Crippen molar-refractivity contribution in [2.45, 2.75) is 46.0 Å². The summed E-state index contributed by atoms with van der Waals surface area (Å²) in [6.45, 7) is 4.47. The quantitative estimate of drug-likeness (QED) is 0.664. The summed E-state index contributed by atoms with van der Waals surface area (Å²) >= 11 is 0. The van der Waals surface area contributed by atoms with Crippen LogP contribution < -0.4 is 5.32 Å². The van der Waals surface area contributed by atoms with Gasteiger partial charge in [-0.25, -0.2) is 0 Å². The summed E-state index contributed by atoms with van der Waals surface area (Å²) in [7, 11) is 0. The van der Waals surface area contributed by atoms with Gasteiger partial charge in [0.1, 0.15) is 0 Å². The molecule has 1 aromatic rings. The SMILES string of the molecule is CC1CC2CC(C)CC(C(=O)Nc3cccc([N+](=O)[O-])c3)(C1)C2. The predicted octanol–water partition coefficient (Wildman–Crippen LogP) is 4.39. The Morgan fingerprint density at radius 2 is 1.87 bits per heavy atom. The molecule has 0 saturated heterocycles. The second-order valence-electron chi connectivity index (χ2n) is 7.70. The number of hydrogen-bond donors (Lipinski definition) is 1. The molecule has 0 aliphatic heterocycles. The Labute approximate surface area is 136 Å². The van der Waals surface area contributed by atoms with Crippen molar-refractivity contribution >= 4 is 17.3 Å². The normalized spacial score (nSPS) is 33.0. The number of nitrogens with one attached hydrogen (secondary N) is 1. The Morgan fingerprint density at radius 3 is 2.48 bits per heavy atom. The Morgan fingerprint density at radius 1 is 1.22 bits per heavy atom. The molecule has 0 spiro atoms. The number of fused-ring (bicyclic) bond motifs is 2. The minimum Gasteiger partial charge on any atom is -0.325 e. The zero-order valence-corrected chi connectivity index (χ0v) is 13.7. The standard InChI is InChI=1S/C18H24N2O3/c1-12-6-14-7-13(2)10-18(9-12,11-14)17(21)19-15-4-3-5-16(8-15)20(22)23/h3-5,8,12-14H,6-7,9-11H2,1-2H3,(H,19,21). The van der Waals surface area contributed by atoms with Crippen molar-refractivity contribution < 1.29 is 9.72 Å². The molecule has 2 unspecified atom stereocenters. The maximum atomic E-state index is 13.0. The molecule has 5 nitrogen and oxygen atoms in total. The number of benzene rings is 1. The lowest BCUT2D eigenvalue weighted by Gasteiger charge is -2.48. The molecule has 2 saturated carbocycles. The molecule has 23 heavy (non-hydrogen) atoms. The van der Waals surface area contributed by atoms with E-state index >= 15 is 0 Å². The minimum atomic E-state index is -0.435. The first-order valence-corrected chi connectivity index (χ1v) is 8.44. The molecule has 0 radical (unpaired) electrons. The second kappa shape index (κ2) is 5.95. The number of rotatable bonds is 3. The first kappa shape index (κ1) is 16.0. The zero-order chi connectivity index (χ0) is 16.6. The van der Waals surface area contributed by atoms with Crippen molar-refractivity contribution in [3.05, 3.63) is 34.4 Å². The van der Waals surface area contributed by atoms with Gasteiger partial charge in [-0.05, 0) is 55.9 Å². The molecule has 2 bridgehead atoms. The Hall–Kier alpha value is -1.91. The molecule has 5 heteroatoms. The summed E-state index contributed by atoms with van der Waals surface area (Å²) in [6.07, 6.45) is 5.25. The van der Waals surface area contributed by atoms with Crippen molar-refractivity contribution in [1.82, 2.24) is 0 Å². The van der Waals surface area contributed by atoms with Crippen molar-refractivity contribution in [3.8, 4) is 0 Å². The highest BCUT2D eigenvalue weighted by molar-refractivity contribution is 5.95. The van der Waals surface area contributed by atoms with Gasteiger partial charge < -0.3 is 5.32 Å². The van der Waals surface area contributed by atoms with E-state index in [1.165, 1.54) is 25.0 Å². The molecule has 1 aromatic carbocycles. The van der Waals surface area contributed by atoms with Crippen LogP contribution in [0.25, 0.3) is 0 Å². The maximum absolute atomic E-state index is 13.0. The van der Waals surface area contributed by atoms with E-state index in [-0.39, 0.29) is 17.0 Å². The van der Waals surface area contributed by atoms with E-state index in [0.717, 1.165) is 19.3 Å². The molecule has 1 N–H and O–H groups in total. The third-order valence-electron chi connectivity index (χ3n) is 5.43. The third kappa shape index (κ3) is 3.23. The van der Waals surface area contributed by atoms with Crippen LogP contribution in [-0.4, -0.2) is 10.8 Å². The lowest BCUT2D eigenvalue weighted by Crippen LogP contribution is -2.47. The molecule has 0 aromatic heterocycles. The summed E-state index contributed by atoms with van der Waals surface area (Å²) in [5.74, 6) is 1.81. The number of hydrogen-bond acceptors (Lipinski definition) is 3. The second-order valence-corrected chi connectivity index (χ2v) is 7.70. The molecule has 2 aliphatic carbocycles. The summed E-state index contributed by atoms with van der Waals surface area (Å²) in [5, 5.41) is 13.8. The zero-order valence-electron chi connectivity index (χ0n) is 13.7. The molecule has 1 amide bonds. The van der Waals surface area contributed by atoms with Crippen molar-refractivity contribution in [1.29, 1.82) is 0 Å². The van der Waals surface area contributed by atoms with Gasteiger partial charge >= 0.3 is 0 Å². The highest BCUT2D eigenvalue weighted by Gasteiger charge is 2.48. The van der Waals surface area contributed by atoms with Crippen molar-refractivity contribution in [3.63, 3.8) is 0 Å². The molecule has 2 aliphatic rings. The van der Waals surface area contributed by atoms with E-state index in [1.807, 2.05) is 0 Å². The fourth-order valence-corrected chi connectivity index (χ4v) is 4.94. The highest BCUT2D eigenvalue weighted by Crippen LogP contribution is 2.53. The fraction of sp³-hybridized carbons (Fsp3) is 0.611. The van der Waals surface area contributed by atoms with Crippen LogP contribution >= 0.6 is 0 Å². The van der Waals surface area contributed by atoms with E-state index < -0.39 is 4.92 Å². The van der Waals surface area contributed by atoms with Gasteiger partial charge in [-0.15, -0.1) is 0 Å². The average Bonchev–Trinajstić information content (AvgIpc) is 2.45. The molecule has 124 valence electrons. The lowest BCUT2D eigenvalue weighted by atomic mass is 9.56. The van der Waals surface area contributed by atoms with E-state index in [9.17, 15) is 14.9 Å². The van der Waals surface area contributed by atoms with Gasteiger partial charge in [0.2, 0.25) is 5.91 Å². The van der Waals surface area contributed by atoms with Gasteiger partial charge in [0.15, 0.2) is 0 Å². The predicted molar refractivity (Wildman–Crippen MR) is 89.1 cm³/mol. The Balaban J connectivity index is 1.81. The first-order chi connectivity index (χ1) is 10.9. The van der Waals surface area contributed by atoms with E-state index in [4.69, 9.17) is 0 Å². The summed E-state index contributed by atoms with van der Waals surface area (Å²) in [4.78, 5) is 23.4. The molecule has 3 rings (SSSR count). The monoisotopic (exact) mass is 316 g/mol. The number of nitrogens with zero attached hydrogens (tertiary/aromatic N) is 1. The van der Waals surface area contributed by atoms with Crippen molar-refractivity contribution in [2.75, 3.05) is 5.32 Å². The van der Waals surface area contributed by atoms with Crippen LogP contribution in [0, 0.1) is 33.3 Å². The Kier molecular flexibility index (Phi) is 4.13. The van der Waals surface area contributed by atoms with Crippen LogP contribution in [0.5, 0.6) is 0 Å². The van der Waals surface area contributed by atoms with Crippen LogP contribution in [0.15, 0.2) is 24.3 Å². The smallest absolute Gasteiger partial charge is 0.271 e. The van der Waals surface area contributed by atoms with Gasteiger partial charge in [-0.3, -0.25) is 14.9 Å². The first-order valence-electron chi connectivity index (χ1n) is 8.44. The lowest BCUT2D eigenvalue weighted by molar-refractivity contribution is -0.384. The fourth-order valence-electron chi connectivity index (χ4n) is 4.94. The summed E-state index contributed by atoms with van der Waals surface area (Å²) in [5.41, 5.74) is 0.226. The van der Waals surface area contributed by atoms with E-state index in [0.29, 0.717) is 23.4 Å². The van der Waals surface area contributed by atoms with Gasteiger partial charge in [-0.1, -0.05) is 19.9 Å². The largest absolute Gasteiger partial charge is 0.325 e. The van der Waals surface area contributed by atoms with Crippen LogP contribution in [0.2, 0.25) is 0 Å². The van der Waals surface area contributed by atoms with Crippen LogP contribution in [0.3, 0.4) is 0 Å². The Bertz CT molecular complexity index is 609. The summed E-state index contributed by atoms with van der Waals surface area (Å²) < 4.78 is 0. The van der Waals surface area contributed by atoms with E-state index in [2.05, 4.69) is 19.2 Å². The third-order valence-corrected chi connectivity index (χ3v) is 5.43. The molecule has 2 fully saturated rings. The number of carbonyl (C=O) groups excluding carboxylic acids is 1. The average molecular weight is 316 g/mol. The van der Waals surface area contributed by atoms with Crippen LogP contribution in [0.1, 0.15) is 46.0 Å². The molecular formula is C18H24N2O3.